The minimum atomic E-state index is 0.347. The number of rotatable bonds is 6. The first-order chi connectivity index (χ1) is 9.31. The Morgan fingerprint density at radius 1 is 1.16 bits per heavy atom. The second kappa shape index (κ2) is 7.08. The largest absolute Gasteiger partial charge is 0.464 e. The molecule has 0 saturated carbocycles. The van der Waals surface area contributed by atoms with E-state index in [4.69, 9.17) is 9.47 Å². The van der Waals surface area contributed by atoms with Gasteiger partial charge < -0.3 is 20.1 Å². The molecule has 1 aromatic heterocycles. The van der Waals surface area contributed by atoms with Gasteiger partial charge in [0, 0.05) is 25.8 Å². The minimum absolute atomic E-state index is 0.347. The Morgan fingerprint density at radius 2 is 1.89 bits per heavy atom. The maximum Gasteiger partial charge on any atom is 0.323 e. The summed E-state index contributed by atoms with van der Waals surface area (Å²) in [5.74, 6) is 1.09. The van der Waals surface area contributed by atoms with E-state index in [0.717, 1.165) is 32.6 Å². The summed E-state index contributed by atoms with van der Waals surface area (Å²) in [6.07, 6.45) is 1.93. The number of aromatic nitrogens is 3. The van der Waals surface area contributed by atoms with E-state index in [1.54, 1.807) is 0 Å². The average Bonchev–Trinajstić information content (AvgIpc) is 2.40. The molecule has 0 radical (unpaired) electrons. The highest BCUT2D eigenvalue weighted by Crippen LogP contribution is 2.15. The summed E-state index contributed by atoms with van der Waals surface area (Å²) in [6, 6.07) is 0.697. The molecule has 0 atom stereocenters. The first-order valence-electron chi connectivity index (χ1n) is 6.78. The number of anilines is 2. The van der Waals surface area contributed by atoms with E-state index in [9.17, 15) is 0 Å². The van der Waals surface area contributed by atoms with Crippen LogP contribution < -0.4 is 15.4 Å². The molecule has 1 aliphatic heterocycles. The average molecular weight is 267 g/mol. The molecule has 1 saturated heterocycles. The monoisotopic (exact) mass is 267 g/mol. The molecule has 1 aromatic rings. The summed E-state index contributed by atoms with van der Waals surface area (Å²) >= 11 is 0. The van der Waals surface area contributed by atoms with Gasteiger partial charge >= 0.3 is 6.01 Å². The summed E-state index contributed by atoms with van der Waals surface area (Å²) in [5, 5.41) is 6.39. The third-order valence-corrected chi connectivity index (χ3v) is 2.78. The quantitative estimate of drug-likeness (QED) is 0.803. The number of nitrogens with one attached hydrogen (secondary N) is 2. The summed E-state index contributed by atoms with van der Waals surface area (Å²) in [4.78, 5) is 12.8. The first-order valence-corrected chi connectivity index (χ1v) is 6.78. The van der Waals surface area contributed by atoms with E-state index in [1.165, 1.54) is 0 Å². The van der Waals surface area contributed by atoms with Crippen LogP contribution >= 0.6 is 0 Å². The predicted molar refractivity (Wildman–Crippen MR) is 72.6 cm³/mol. The summed E-state index contributed by atoms with van der Waals surface area (Å²) in [6.45, 7) is 6.75. The third kappa shape index (κ3) is 4.20. The molecule has 2 N–H and O–H groups in total. The topological polar surface area (TPSA) is 81.2 Å². The standard InChI is InChI=1S/C12H21N5O2/c1-3-13-10-15-11(17-12(16-10)19-4-2)14-9-5-7-18-8-6-9/h9H,3-8H2,1-2H3,(H2,13,14,15,16,17). The van der Waals surface area contributed by atoms with Crippen LogP contribution in [-0.2, 0) is 4.74 Å². The van der Waals surface area contributed by atoms with Crippen molar-refractivity contribution in [3.05, 3.63) is 0 Å². The van der Waals surface area contributed by atoms with Gasteiger partial charge in [0.2, 0.25) is 11.9 Å². The zero-order valence-corrected chi connectivity index (χ0v) is 11.5. The molecule has 7 nitrogen and oxygen atoms in total. The van der Waals surface area contributed by atoms with Gasteiger partial charge in [-0.25, -0.2) is 0 Å². The highest BCUT2D eigenvalue weighted by atomic mass is 16.5. The summed E-state index contributed by atoms with van der Waals surface area (Å²) in [5.41, 5.74) is 0. The highest BCUT2D eigenvalue weighted by Gasteiger charge is 2.16. The van der Waals surface area contributed by atoms with Crippen LogP contribution in [0.2, 0.25) is 0 Å². The van der Waals surface area contributed by atoms with Gasteiger partial charge in [0.15, 0.2) is 0 Å². The molecule has 0 bridgehead atoms. The van der Waals surface area contributed by atoms with Gasteiger partial charge in [-0.3, -0.25) is 0 Å². The van der Waals surface area contributed by atoms with Crippen molar-refractivity contribution in [2.45, 2.75) is 32.7 Å². The van der Waals surface area contributed by atoms with E-state index in [-0.39, 0.29) is 0 Å². The van der Waals surface area contributed by atoms with Gasteiger partial charge in [-0.05, 0) is 26.7 Å². The van der Waals surface area contributed by atoms with Crippen molar-refractivity contribution in [2.24, 2.45) is 0 Å². The lowest BCUT2D eigenvalue weighted by molar-refractivity contribution is 0.0903. The molecule has 0 aromatic carbocycles. The van der Waals surface area contributed by atoms with Gasteiger partial charge in [0.25, 0.3) is 0 Å². The Bertz CT molecular complexity index is 371. The summed E-state index contributed by atoms with van der Waals surface area (Å²) in [7, 11) is 0. The van der Waals surface area contributed by atoms with Gasteiger partial charge in [0.1, 0.15) is 0 Å². The lowest BCUT2D eigenvalue weighted by Gasteiger charge is -2.23. The lowest BCUT2D eigenvalue weighted by Crippen LogP contribution is -2.29. The Kier molecular flexibility index (Phi) is 5.14. The van der Waals surface area contributed by atoms with Crippen LogP contribution in [0.1, 0.15) is 26.7 Å². The highest BCUT2D eigenvalue weighted by molar-refractivity contribution is 5.36. The van der Waals surface area contributed by atoms with Crippen LogP contribution in [-0.4, -0.2) is 47.4 Å². The summed E-state index contributed by atoms with van der Waals surface area (Å²) < 4.78 is 10.7. The van der Waals surface area contributed by atoms with Gasteiger partial charge in [-0.15, -0.1) is 0 Å². The smallest absolute Gasteiger partial charge is 0.323 e. The molecule has 0 aliphatic carbocycles. The van der Waals surface area contributed by atoms with E-state index >= 15 is 0 Å². The van der Waals surface area contributed by atoms with Gasteiger partial charge in [0.05, 0.1) is 6.61 Å². The molecule has 0 unspecified atom stereocenters. The van der Waals surface area contributed by atoms with Crippen LogP contribution in [0.15, 0.2) is 0 Å². The van der Waals surface area contributed by atoms with E-state index in [1.807, 2.05) is 13.8 Å². The molecule has 0 spiro atoms. The maximum atomic E-state index is 5.36. The van der Waals surface area contributed by atoms with Crippen molar-refractivity contribution in [3.63, 3.8) is 0 Å². The number of ether oxygens (including phenoxy) is 2. The molecule has 0 amide bonds. The van der Waals surface area contributed by atoms with Crippen LogP contribution in [0, 0.1) is 0 Å². The molecule has 19 heavy (non-hydrogen) atoms. The van der Waals surface area contributed by atoms with Gasteiger partial charge in [-0.1, -0.05) is 0 Å². The van der Waals surface area contributed by atoms with E-state index in [2.05, 4.69) is 25.6 Å². The predicted octanol–water partition coefficient (Wildman–Crippen LogP) is 1.29. The molecule has 7 heteroatoms. The van der Waals surface area contributed by atoms with Crippen molar-refractivity contribution < 1.29 is 9.47 Å². The Balaban J connectivity index is 2.08. The van der Waals surface area contributed by atoms with Crippen LogP contribution in [0.3, 0.4) is 0 Å². The molecule has 2 heterocycles. The molecular weight excluding hydrogens is 246 g/mol. The number of hydrogen-bond donors (Lipinski definition) is 2. The second-order valence-electron chi connectivity index (χ2n) is 4.26. The van der Waals surface area contributed by atoms with Crippen LogP contribution in [0.25, 0.3) is 0 Å². The normalized spacial score (nSPS) is 16.1. The molecular formula is C12H21N5O2. The molecule has 106 valence electrons. The number of nitrogens with zero attached hydrogens (tertiary/aromatic N) is 3. The molecule has 1 fully saturated rings. The Hall–Kier alpha value is -1.63. The van der Waals surface area contributed by atoms with Crippen molar-refractivity contribution in [1.29, 1.82) is 0 Å². The minimum Gasteiger partial charge on any atom is -0.464 e. The van der Waals surface area contributed by atoms with Crippen LogP contribution in [0.5, 0.6) is 6.01 Å². The molecule has 1 aliphatic rings. The van der Waals surface area contributed by atoms with Crippen molar-refractivity contribution in [2.75, 3.05) is 37.0 Å². The first kappa shape index (κ1) is 13.8. The fourth-order valence-corrected chi connectivity index (χ4v) is 1.88. The Labute approximate surface area is 113 Å². The second-order valence-corrected chi connectivity index (χ2v) is 4.26. The molecule has 2 rings (SSSR count). The van der Waals surface area contributed by atoms with E-state index < -0.39 is 0 Å². The zero-order chi connectivity index (χ0) is 13.5. The van der Waals surface area contributed by atoms with E-state index in [0.29, 0.717) is 30.6 Å². The van der Waals surface area contributed by atoms with Crippen LogP contribution in [0.4, 0.5) is 11.9 Å². The fourth-order valence-electron chi connectivity index (χ4n) is 1.88. The third-order valence-electron chi connectivity index (χ3n) is 2.78. The van der Waals surface area contributed by atoms with Crippen molar-refractivity contribution >= 4 is 11.9 Å². The SMILES string of the molecule is CCNc1nc(NC2CCOCC2)nc(OCC)n1. The van der Waals surface area contributed by atoms with Crippen molar-refractivity contribution in [1.82, 2.24) is 15.0 Å². The van der Waals surface area contributed by atoms with Crippen molar-refractivity contribution in [3.8, 4) is 6.01 Å². The Morgan fingerprint density at radius 3 is 2.58 bits per heavy atom. The van der Waals surface area contributed by atoms with Gasteiger partial charge in [-0.2, -0.15) is 15.0 Å². The maximum absolute atomic E-state index is 5.36. The zero-order valence-electron chi connectivity index (χ0n) is 11.5. The number of hydrogen-bond acceptors (Lipinski definition) is 7. The lowest BCUT2D eigenvalue weighted by atomic mass is 10.1. The fraction of sp³-hybridized carbons (Fsp3) is 0.750.